The van der Waals surface area contributed by atoms with Gasteiger partial charge in [0.15, 0.2) is 11.9 Å². The van der Waals surface area contributed by atoms with Crippen LogP contribution in [0.3, 0.4) is 0 Å². The minimum atomic E-state index is -1.42. The van der Waals surface area contributed by atoms with Gasteiger partial charge in [0.05, 0.1) is 25.5 Å². The molecule has 0 unspecified atom stereocenters. The molecule has 1 aliphatic rings. The highest BCUT2D eigenvalue weighted by molar-refractivity contribution is 5.89. The lowest BCUT2D eigenvalue weighted by atomic mass is 10.1. The Morgan fingerprint density at radius 3 is 1.71 bits per heavy atom. The van der Waals surface area contributed by atoms with Crippen LogP contribution in [0.5, 0.6) is 28.7 Å². The number of hydrogen-bond donors (Lipinski definition) is 12. The predicted molar refractivity (Wildman–Crippen MR) is 150 cm³/mol. The van der Waals surface area contributed by atoms with E-state index in [2.05, 4.69) is 9.72 Å². The average Bonchev–Trinajstić information content (AvgIpc) is 3.26. The van der Waals surface area contributed by atoms with E-state index in [4.69, 9.17) is 66.4 Å². The summed E-state index contributed by atoms with van der Waals surface area (Å²) >= 11 is 0. The highest BCUT2D eigenvalue weighted by atomic mass is 16.6. The summed E-state index contributed by atoms with van der Waals surface area (Å²) in [6, 6.07) is 10.3. The van der Waals surface area contributed by atoms with Gasteiger partial charge in [0, 0.05) is 42.1 Å². The molecule has 2 atom stereocenters. The van der Waals surface area contributed by atoms with Crippen LogP contribution < -0.4 is 5.73 Å². The maximum atomic E-state index is 10.5. The van der Waals surface area contributed by atoms with Gasteiger partial charge in [-0.3, -0.25) is 4.98 Å². The molecule has 1 aromatic heterocycles. The zero-order chi connectivity index (χ0) is 34.7. The van der Waals surface area contributed by atoms with Crippen molar-refractivity contribution in [2.75, 3.05) is 6.61 Å². The number of aliphatic hydroxyl groups excluding tert-OH is 6. The molecule has 4 rings (SSSR count). The number of aryl methyl sites for hydroxylation is 1. The molecule has 13 N–H and O–H groups in total. The Balaban J connectivity index is 0.000000561. The zero-order valence-corrected chi connectivity index (χ0v) is 23.7. The molecule has 3 aromatic rings. The topological polar surface area (TPSA) is 322 Å². The van der Waals surface area contributed by atoms with Gasteiger partial charge in [-0.1, -0.05) is 12.1 Å². The summed E-state index contributed by atoms with van der Waals surface area (Å²) < 4.78 is 4.32. The number of ether oxygens (including phenoxy) is 1. The quantitative estimate of drug-likeness (QED) is 0.160. The molecule has 1 aliphatic heterocycles. The largest absolute Gasteiger partial charge is 0.508 e. The van der Waals surface area contributed by atoms with E-state index >= 15 is 0 Å². The van der Waals surface area contributed by atoms with Gasteiger partial charge in [0.25, 0.3) is 0 Å². The standard InChI is InChI=1S/C8H11NO3.C7H9NO.C6H8O6.C6H6O3.CO2/c1-5-8(12)7(4-11)6(3-10)2-9-5;8-5-6-1-3-7(9)4-2-6;7-1-2(8)5-3(9)4(10)6(11)12-5;7-4-1-5(8)3-6(9)2-4;2-1-3/h2,10-12H,3-4H2,1H3;1-4,9H,5,8H2;2,5,7-10H,1H2;1-3,7-9H;/t;;2-,5+;;/m..1../s1. The molecule has 0 saturated heterocycles. The lowest BCUT2D eigenvalue weighted by Gasteiger charge is -2.13. The molecule has 0 saturated carbocycles. The summed E-state index contributed by atoms with van der Waals surface area (Å²) in [5.41, 5.74) is 7.62. The third-order valence-corrected chi connectivity index (χ3v) is 5.29. The monoisotopic (exact) mass is 638 g/mol. The molecule has 45 heavy (non-hydrogen) atoms. The summed E-state index contributed by atoms with van der Waals surface area (Å²) in [6.45, 7) is 0.979. The molecule has 17 nitrogen and oxygen atoms in total. The number of aromatic nitrogens is 1. The van der Waals surface area contributed by atoms with Crippen molar-refractivity contribution in [3.05, 3.63) is 82.6 Å². The van der Waals surface area contributed by atoms with Crippen molar-refractivity contribution in [3.63, 3.8) is 0 Å². The minimum Gasteiger partial charge on any atom is -0.508 e. The minimum absolute atomic E-state index is 0.0379. The maximum absolute atomic E-state index is 10.5. The van der Waals surface area contributed by atoms with Crippen LogP contribution in [-0.4, -0.2) is 92.1 Å². The Bertz CT molecular complexity index is 1370. The fourth-order valence-electron chi connectivity index (χ4n) is 3.03. The van der Waals surface area contributed by atoms with Crippen LogP contribution in [0.2, 0.25) is 0 Å². The van der Waals surface area contributed by atoms with E-state index in [9.17, 15) is 9.90 Å². The molecule has 0 aliphatic carbocycles. The van der Waals surface area contributed by atoms with E-state index in [-0.39, 0.29) is 48.1 Å². The van der Waals surface area contributed by atoms with E-state index in [1.165, 1.54) is 6.20 Å². The number of aliphatic hydroxyl groups is 6. The first-order chi connectivity index (χ1) is 21.2. The average molecular weight is 639 g/mol. The number of nitrogens with zero attached hydrogens (tertiary/aromatic N) is 1. The molecular weight excluding hydrogens is 604 g/mol. The van der Waals surface area contributed by atoms with Crippen molar-refractivity contribution in [2.45, 2.75) is 38.9 Å². The van der Waals surface area contributed by atoms with Crippen molar-refractivity contribution in [3.8, 4) is 28.7 Å². The predicted octanol–water partition coefficient (Wildman–Crippen LogP) is -0.256. The van der Waals surface area contributed by atoms with Crippen molar-refractivity contribution in [2.24, 2.45) is 5.73 Å². The number of carbonyl (C=O) groups excluding carboxylic acids is 3. The van der Waals surface area contributed by atoms with Crippen LogP contribution >= 0.6 is 0 Å². The van der Waals surface area contributed by atoms with Crippen LogP contribution in [0.15, 0.2) is 60.2 Å². The smallest absolute Gasteiger partial charge is 0.377 e. The lowest BCUT2D eigenvalue weighted by molar-refractivity contribution is -0.191. The first-order valence-electron chi connectivity index (χ1n) is 12.4. The van der Waals surface area contributed by atoms with Crippen molar-refractivity contribution < 1.29 is 75.3 Å². The van der Waals surface area contributed by atoms with Gasteiger partial charge in [-0.25, -0.2) is 4.79 Å². The highest BCUT2D eigenvalue weighted by Gasteiger charge is 2.38. The molecule has 17 heteroatoms. The van der Waals surface area contributed by atoms with Crippen molar-refractivity contribution in [1.82, 2.24) is 4.98 Å². The number of cyclic esters (lactones) is 1. The third kappa shape index (κ3) is 13.6. The number of nitrogens with two attached hydrogens (primary N) is 1. The number of rotatable bonds is 5. The van der Waals surface area contributed by atoms with E-state index in [0.29, 0.717) is 23.4 Å². The van der Waals surface area contributed by atoms with E-state index in [1.807, 2.05) is 0 Å². The normalized spacial score (nSPS) is 13.6. The number of phenolic OH excluding ortho intramolecular Hbond substituents is 4. The molecule has 0 amide bonds. The van der Waals surface area contributed by atoms with Crippen LogP contribution in [0.4, 0.5) is 0 Å². The Hall–Kier alpha value is -5.42. The third-order valence-electron chi connectivity index (χ3n) is 5.29. The molecule has 246 valence electrons. The van der Waals surface area contributed by atoms with Gasteiger partial charge in [-0.05, 0) is 24.6 Å². The van der Waals surface area contributed by atoms with Crippen molar-refractivity contribution >= 4 is 12.1 Å². The molecule has 2 aromatic carbocycles. The Kier molecular flexibility index (Phi) is 18.0. The second-order valence-corrected chi connectivity index (χ2v) is 8.48. The maximum Gasteiger partial charge on any atom is 0.377 e. The van der Waals surface area contributed by atoms with Gasteiger partial charge in [-0.2, -0.15) is 9.59 Å². The van der Waals surface area contributed by atoms with E-state index < -0.39 is 36.3 Å². The summed E-state index contributed by atoms with van der Waals surface area (Å²) in [4.78, 5) is 30.6. The SMILES string of the molecule is Cc1ncc(CO)c(CO)c1O.NCc1ccc(O)cc1.O=C1O[C@@H]([C@H](O)CO)C(O)=C1O.O=C=O.Oc1cc(O)cc(O)c1. The summed E-state index contributed by atoms with van der Waals surface area (Å²) in [5.74, 6) is -2.97. The number of benzene rings is 2. The van der Waals surface area contributed by atoms with Crippen LogP contribution in [0, 0.1) is 6.92 Å². The molecule has 0 bridgehead atoms. The number of carbonyl (C=O) groups is 1. The van der Waals surface area contributed by atoms with Gasteiger partial charge >= 0.3 is 12.1 Å². The van der Waals surface area contributed by atoms with Crippen molar-refractivity contribution in [1.29, 1.82) is 0 Å². The van der Waals surface area contributed by atoms with Crippen LogP contribution in [-0.2, 0) is 38.9 Å². The number of phenols is 4. The zero-order valence-electron chi connectivity index (χ0n) is 23.7. The van der Waals surface area contributed by atoms with E-state index in [0.717, 1.165) is 23.8 Å². The molecule has 0 fully saturated rings. The lowest BCUT2D eigenvalue weighted by Crippen LogP contribution is -2.31. The second kappa shape index (κ2) is 20.5. The molecule has 0 radical (unpaired) electrons. The van der Waals surface area contributed by atoms with Gasteiger partial charge in [-0.15, -0.1) is 0 Å². The number of pyridine rings is 1. The second-order valence-electron chi connectivity index (χ2n) is 8.48. The first kappa shape index (κ1) is 39.6. The molecular formula is C28H34N2O15. The van der Waals surface area contributed by atoms with Crippen LogP contribution in [0.1, 0.15) is 22.4 Å². The molecule has 2 heterocycles. The fraction of sp³-hybridized carbons (Fsp3) is 0.250. The Morgan fingerprint density at radius 2 is 1.36 bits per heavy atom. The summed E-state index contributed by atoms with van der Waals surface area (Å²) in [7, 11) is 0. The number of hydrogen-bond acceptors (Lipinski definition) is 17. The van der Waals surface area contributed by atoms with Gasteiger partial charge in [0.1, 0.15) is 34.9 Å². The van der Waals surface area contributed by atoms with E-state index in [1.54, 1.807) is 31.2 Å². The highest BCUT2D eigenvalue weighted by Crippen LogP contribution is 2.24. The van der Waals surface area contributed by atoms with Gasteiger partial charge in [0.2, 0.25) is 5.76 Å². The number of esters is 1. The molecule has 0 spiro atoms. The Labute approximate surface area is 255 Å². The fourth-order valence-corrected chi connectivity index (χ4v) is 3.03. The van der Waals surface area contributed by atoms with Gasteiger partial charge < -0.3 is 66.6 Å². The summed E-state index contributed by atoms with van der Waals surface area (Å²) in [6.07, 6.45) is -1.08. The number of aromatic hydroxyl groups is 5. The Morgan fingerprint density at radius 1 is 0.867 bits per heavy atom. The first-order valence-corrected chi connectivity index (χ1v) is 12.4. The summed E-state index contributed by atoms with van der Waals surface area (Å²) in [5, 5.41) is 96.9. The van der Waals surface area contributed by atoms with Crippen LogP contribution in [0.25, 0.3) is 0 Å².